The molecular weight excluding hydrogens is 452 g/mol. The van der Waals surface area contributed by atoms with Gasteiger partial charge in [-0.05, 0) is 37.4 Å². The van der Waals surface area contributed by atoms with Gasteiger partial charge in [-0.1, -0.05) is 43.8 Å². The summed E-state index contributed by atoms with van der Waals surface area (Å²) < 4.78 is 8.96. The van der Waals surface area contributed by atoms with E-state index in [9.17, 15) is 9.59 Å². The van der Waals surface area contributed by atoms with Crippen LogP contribution in [0.25, 0.3) is 16.7 Å². The molecule has 0 aliphatic rings. The van der Waals surface area contributed by atoms with Crippen LogP contribution in [0, 0.1) is 0 Å². The van der Waals surface area contributed by atoms with Gasteiger partial charge in [-0.2, -0.15) is 0 Å². The summed E-state index contributed by atoms with van der Waals surface area (Å²) in [6, 6.07) is 11.1. The number of aromatic nitrogens is 4. The average molecular weight is 481 g/mol. The minimum atomic E-state index is -0.148. The summed E-state index contributed by atoms with van der Waals surface area (Å²) in [7, 11) is 0. The van der Waals surface area contributed by atoms with Gasteiger partial charge in [-0.15, -0.1) is 16.8 Å². The zero-order valence-corrected chi connectivity index (χ0v) is 20.1. The van der Waals surface area contributed by atoms with E-state index in [-0.39, 0.29) is 23.3 Å². The number of fused-ring (bicyclic) bond motifs is 3. The number of hydrogen-bond acceptors (Lipinski definition) is 7. The van der Waals surface area contributed by atoms with E-state index in [0.29, 0.717) is 34.9 Å². The average Bonchev–Trinajstić information content (AvgIpc) is 3.53. The van der Waals surface area contributed by atoms with Gasteiger partial charge in [0.05, 0.1) is 29.0 Å². The molecule has 1 atom stereocenters. The summed E-state index contributed by atoms with van der Waals surface area (Å²) >= 11 is 1.28. The molecule has 1 amide bonds. The smallest absolute Gasteiger partial charge is 0.263 e. The Kier molecular flexibility index (Phi) is 7.49. The number of benzene rings is 1. The lowest BCUT2D eigenvalue weighted by Gasteiger charge is -2.28. The minimum absolute atomic E-state index is 0.0369. The number of para-hydroxylation sites is 1. The summed E-state index contributed by atoms with van der Waals surface area (Å²) in [6.45, 7) is 10.4. The van der Waals surface area contributed by atoms with Crippen LogP contribution in [0.3, 0.4) is 0 Å². The van der Waals surface area contributed by atoms with E-state index < -0.39 is 0 Å². The lowest BCUT2D eigenvalue weighted by molar-refractivity contribution is -0.118. The third kappa shape index (κ3) is 4.64. The fraction of sp³-hybridized carbons (Fsp3) is 0.333. The fourth-order valence-electron chi connectivity index (χ4n) is 4.07. The Balaban J connectivity index is 1.53. The SMILES string of the molecule is C=CCn1c(=O)c2ccccc2n2c(SCC(=O)NCC(c3ccco3)N(CC)CC)nnc12. The van der Waals surface area contributed by atoms with E-state index in [1.807, 2.05) is 34.7 Å². The van der Waals surface area contributed by atoms with Crippen LogP contribution in [-0.2, 0) is 11.3 Å². The molecule has 0 aliphatic heterocycles. The molecule has 178 valence electrons. The topological polar surface area (TPSA) is 97.7 Å². The predicted molar refractivity (Wildman–Crippen MR) is 133 cm³/mol. The Labute approximate surface area is 201 Å². The molecule has 0 spiro atoms. The number of amides is 1. The van der Waals surface area contributed by atoms with E-state index in [4.69, 9.17) is 4.42 Å². The molecule has 4 aromatic rings. The van der Waals surface area contributed by atoms with Crippen LogP contribution >= 0.6 is 11.8 Å². The zero-order chi connectivity index (χ0) is 24.1. The van der Waals surface area contributed by atoms with Crippen LogP contribution in [-0.4, -0.2) is 55.4 Å². The molecule has 0 bridgehead atoms. The second-order valence-electron chi connectivity index (χ2n) is 7.68. The second-order valence-corrected chi connectivity index (χ2v) is 8.63. The highest BCUT2D eigenvalue weighted by Gasteiger charge is 2.22. The predicted octanol–water partition coefficient (Wildman–Crippen LogP) is 3.11. The highest BCUT2D eigenvalue weighted by Crippen LogP contribution is 2.23. The third-order valence-electron chi connectivity index (χ3n) is 5.74. The molecule has 3 heterocycles. The van der Waals surface area contributed by atoms with Gasteiger partial charge < -0.3 is 9.73 Å². The van der Waals surface area contributed by atoms with Crippen molar-refractivity contribution in [3.8, 4) is 0 Å². The summed E-state index contributed by atoms with van der Waals surface area (Å²) in [5.41, 5.74) is 0.556. The number of hydrogen-bond donors (Lipinski definition) is 1. The molecule has 0 saturated carbocycles. The summed E-state index contributed by atoms with van der Waals surface area (Å²) in [4.78, 5) is 27.9. The fourth-order valence-corrected chi connectivity index (χ4v) is 4.84. The first-order valence-corrected chi connectivity index (χ1v) is 12.2. The number of carbonyl (C=O) groups is 1. The Hall–Kier alpha value is -3.37. The van der Waals surface area contributed by atoms with Gasteiger partial charge in [0.25, 0.3) is 5.56 Å². The normalized spacial score (nSPS) is 12.4. The van der Waals surface area contributed by atoms with Gasteiger partial charge >= 0.3 is 0 Å². The van der Waals surface area contributed by atoms with Gasteiger partial charge in [-0.25, -0.2) is 0 Å². The Morgan fingerprint density at radius 2 is 2.03 bits per heavy atom. The van der Waals surface area contributed by atoms with Crippen molar-refractivity contribution in [1.29, 1.82) is 0 Å². The molecular formula is C24H28N6O3S. The Morgan fingerprint density at radius 1 is 1.24 bits per heavy atom. The molecule has 34 heavy (non-hydrogen) atoms. The van der Waals surface area contributed by atoms with E-state index in [2.05, 4.69) is 40.8 Å². The first-order chi connectivity index (χ1) is 16.6. The molecule has 4 rings (SSSR count). The van der Waals surface area contributed by atoms with E-state index in [1.54, 1.807) is 18.4 Å². The van der Waals surface area contributed by atoms with Gasteiger partial charge in [0.2, 0.25) is 11.7 Å². The molecule has 10 heteroatoms. The second kappa shape index (κ2) is 10.7. The quantitative estimate of drug-likeness (QED) is 0.260. The summed E-state index contributed by atoms with van der Waals surface area (Å²) in [5, 5.41) is 12.6. The van der Waals surface area contributed by atoms with Crippen LogP contribution in [0.15, 0.2) is 69.7 Å². The molecule has 1 N–H and O–H groups in total. The van der Waals surface area contributed by atoms with E-state index in [1.165, 1.54) is 16.3 Å². The number of likely N-dealkylation sites (N-methyl/N-ethyl adjacent to an activating group) is 1. The van der Waals surface area contributed by atoms with Crippen LogP contribution < -0.4 is 10.9 Å². The maximum Gasteiger partial charge on any atom is 0.263 e. The third-order valence-corrected chi connectivity index (χ3v) is 6.67. The first-order valence-electron chi connectivity index (χ1n) is 11.2. The number of furan rings is 1. The molecule has 0 saturated heterocycles. The van der Waals surface area contributed by atoms with E-state index in [0.717, 1.165) is 18.8 Å². The van der Waals surface area contributed by atoms with Crippen molar-refractivity contribution in [2.75, 3.05) is 25.4 Å². The molecule has 3 aromatic heterocycles. The molecule has 0 fully saturated rings. The van der Waals surface area contributed by atoms with Crippen molar-refractivity contribution in [2.45, 2.75) is 31.6 Å². The number of allylic oxidation sites excluding steroid dienone is 1. The maximum atomic E-state index is 12.9. The van der Waals surface area contributed by atoms with Gasteiger partial charge in [0.15, 0.2) is 5.16 Å². The maximum absolute atomic E-state index is 12.9. The lowest BCUT2D eigenvalue weighted by Crippen LogP contribution is -2.38. The highest BCUT2D eigenvalue weighted by atomic mass is 32.2. The van der Waals surface area contributed by atoms with Crippen molar-refractivity contribution < 1.29 is 9.21 Å². The number of nitrogens with one attached hydrogen (secondary N) is 1. The van der Waals surface area contributed by atoms with E-state index >= 15 is 0 Å². The first kappa shape index (κ1) is 23.8. The molecule has 1 aromatic carbocycles. The molecule has 0 radical (unpaired) electrons. The van der Waals surface area contributed by atoms with Crippen LogP contribution in [0.1, 0.15) is 25.6 Å². The standard InChI is InChI=1S/C24H28N6O3S/c1-4-13-29-22(32)17-10-7-8-11-18(17)30-23(29)26-27-24(30)34-16-21(31)25-15-19(28(5-2)6-3)20-12-9-14-33-20/h4,7-12,14,19H,1,5-6,13,15-16H2,2-3H3,(H,25,31). The lowest BCUT2D eigenvalue weighted by atomic mass is 10.2. The van der Waals surface area contributed by atoms with Gasteiger partial charge in [0.1, 0.15) is 5.76 Å². The minimum Gasteiger partial charge on any atom is -0.468 e. The van der Waals surface area contributed by atoms with Crippen LogP contribution in [0.2, 0.25) is 0 Å². The summed E-state index contributed by atoms with van der Waals surface area (Å²) in [6.07, 6.45) is 3.30. The Bertz CT molecular complexity index is 1340. The van der Waals surface area contributed by atoms with Crippen molar-refractivity contribution in [3.63, 3.8) is 0 Å². The summed E-state index contributed by atoms with van der Waals surface area (Å²) in [5.74, 6) is 1.30. The van der Waals surface area contributed by atoms with Crippen molar-refractivity contribution in [3.05, 3.63) is 71.4 Å². The van der Waals surface area contributed by atoms with Gasteiger partial charge in [-0.3, -0.25) is 23.5 Å². The molecule has 1 unspecified atom stereocenters. The zero-order valence-electron chi connectivity index (χ0n) is 19.3. The van der Waals surface area contributed by atoms with Crippen molar-refractivity contribution >= 4 is 34.3 Å². The van der Waals surface area contributed by atoms with Crippen molar-refractivity contribution in [2.24, 2.45) is 0 Å². The number of carbonyl (C=O) groups excluding carboxylic acids is 1. The highest BCUT2D eigenvalue weighted by molar-refractivity contribution is 7.99. The Morgan fingerprint density at radius 3 is 2.74 bits per heavy atom. The molecule has 9 nitrogen and oxygen atoms in total. The number of rotatable bonds is 11. The van der Waals surface area contributed by atoms with Crippen molar-refractivity contribution in [1.82, 2.24) is 29.4 Å². The number of nitrogens with zero attached hydrogens (tertiary/aromatic N) is 5. The van der Waals surface area contributed by atoms with Crippen LogP contribution in [0.4, 0.5) is 0 Å². The number of thioether (sulfide) groups is 1. The largest absolute Gasteiger partial charge is 0.468 e. The molecule has 0 aliphatic carbocycles. The van der Waals surface area contributed by atoms with Gasteiger partial charge in [0, 0.05) is 13.1 Å². The monoisotopic (exact) mass is 480 g/mol. The van der Waals surface area contributed by atoms with Crippen LogP contribution in [0.5, 0.6) is 0 Å².